The number of hydrogen-bond donors (Lipinski definition) is 2. The monoisotopic (exact) mass is 187 g/mol. The van der Waals surface area contributed by atoms with Crippen molar-refractivity contribution >= 4 is 6.03 Å². The molecule has 0 atom stereocenters. The van der Waals surface area contributed by atoms with Gasteiger partial charge >= 0.3 is 6.03 Å². The summed E-state index contributed by atoms with van der Waals surface area (Å²) in [5.74, 6) is 0. The lowest BCUT2D eigenvalue weighted by Crippen LogP contribution is -2.41. The Morgan fingerprint density at radius 2 is 2.08 bits per heavy atom. The van der Waals surface area contributed by atoms with Crippen LogP contribution in [-0.2, 0) is 0 Å². The standard InChI is InChI=1S/C9H21N3O/c1-8(2)11-9(13)12(4)7-5-6-10-3/h8,10H,5-7H2,1-4H3,(H,11,13). The summed E-state index contributed by atoms with van der Waals surface area (Å²) in [6.45, 7) is 5.65. The van der Waals surface area contributed by atoms with Gasteiger partial charge in [-0.2, -0.15) is 0 Å². The third-order valence-corrected chi connectivity index (χ3v) is 1.68. The molecule has 4 heteroatoms. The Kier molecular flexibility index (Phi) is 6.32. The highest BCUT2D eigenvalue weighted by Gasteiger charge is 2.07. The lowest BCUT2D eigenvalue weighted by atomic mass is 10.4. The van der Waals surface area contributed by atoms with Gasteiger partial charge in [-0.3, -0.25) is 0 Å². The molecule has 0 bridgehead atoms. The van der Waals surface area contributed by atoms with Crippen molar-refractivity contribution in [3.63, 3.8) is 0 Å². The van der Waals surface area contributed by atoms with E-state index in [1.807, 2.05) is 27.9 Å². The molecule has 0 unspecified atom stereocenters. The Bertz CT molecular complexity index is 148. The molecule has 0 saturated carbocycles. The van der Waals surface area contributed by atoms with E-state index in [1.54, 1.807) is 4.90 Å². The summed E-state index contributed by atoms with van der Waals surface area (Å²) >= 11 is 0. The van der Waals surface area contributed by atoms with Crippen LogP contribution in [0.1, 0.15) is 20.3 Å². The minimum absolute atomic E-state index is 0.00565. The fourth-order valence-corrected chi connectivity index (χ4v) is 0.952. The summed E-state index contributed by atoms with van der Waals surface area (Å²) in [6.07, 6.45) is 0.985. The summed E-state index contributed by atoms with van der Waals surface area (Å²) in [4.78, 5) is 13.0. The lowest BCUT2D eigenvalue weighted by molar-refractivity contribution is 0.205. The molecule has 0 saturated heterocycles. The Morgan fingerprint density at radius 1 is 1.46 bits per heavy atom. The number of nitrogens with one attached hydrogen (secondary N) is 2. The Hall–Kier alpha value is -0.770. The molecule has 0 aliphatic carbocycles. The molecule has 13 heavy (non-hydrogen) atoms. The quantitative estimate of drug-likeness (QED) is 0.621. The van der Waals surface area contributed by atoms with Gasteiger partial charge in [-0.1, -0.05) is 0 Å². The van der Waals surface area contributed by atoms with Crippen LogP contribution < -0.4 is 10.6 Å². The van der Waals surface area contributed by atoms with Crippen LogP contribution in [-0.4, -0.2) is 44.2 Å². The zero-order chi connectivity index (χ0) is 10.3. The molecule has 0 aliphatic rings. The summed E-state index contributed by atoms with van der Waals surface area (Å²) < 4.78 is 0. The molecule has 4 nitrogen and oxygen atoms in total. The SMILES string of the molecule is CNCCCN(C)C(=O)NC(C)C. The van der Waals surface area contributed by atoms with E-state index in [9.17, 15) is 4.79 Å². The highest BCUT2D eigenvalue weighted by molar-refractivity contribution is 5.74. The maximum Gasteiger partial charge on any atom is 0.317 e. The molecule has 0 aromatic rings. The number of amides is 2. The van der Waals surface area contributed by atoms with Gasteiger partial charge in [0.1, 0.15) is 0 Å². The largest absolute Gasteiger partial charge is 0.336 e. The molecule has 78 valence electrons. The van der Waals surface area contributed by atoms with Crippen molar-refractivity contribution in [2.45, 2.75) is 26.3 Å². The third-order valence-electron chi connectivity index (χ3n) is 1.68. The molecule has 2 amide bonds. The summed E-state index contributed by atoms with van der Waals surface area (Å²) in [6, 6.07) is 0.213. The number of carbonyl (C=O) groups is 1. The zero-order valence-corrected chi connectivity index (χ0v) is 9.05. The van der Waals surface area contributed by atoms with E-state index in [-0.39, 0.29) is 12.1 Å². The van der Waals surface area contributed by atoms with Crippen LogP contribution in [0.3, 0.4) is 0 Å². The number of carbonyl (C=O) groups excluding carboxylic acids is 1. The maximum atomic E-state index is 11.3. The van der Waals surface area contributed by atoms with Crippen LogP contribution in [0, 0.1) is 0 Å². The van der Waals surface area contributed by atoms with Crippen LogP contribution in [0.25, 0.3) is 0 Å². The topological polar surface area (TPSA) is 44.4 Å². The van der Waals surface area contributed by atoms with Crippen molar-refractivity contribution < 1.29 is 4.79 Å². The molecule has 0 spiro atoms. The van der Waals surface area contributed by atoms with Crippen molar-refractivity contribution in [2.75, 3.05) is 27.2 Å². The van der Waals surface area contributed by atoms with E-state index in [1.165, 1.54) is 0 Å². The van der Waals surface area contributed by atoms with Gasteiger partial charge in [0.25, 0.3) is 0 Å². The van der Waals surface area contributed by atoms with Gasteiger partial charge in [0.2, 0.25) is 0 Å². The molecule has 2 N–H and O–H groups in total. The van der Waals surface area contributed by atoms with Gasteiger partial charge in [-0.25, -0.2) is 4.79 Å². The van der Waals surface area contributed by atoms with Gasteiger partial charge in [-0.15, -0.1) is 0 Å². The van der Waals surface area contributed by atoms with Gasteiger partial charge < -0.3 is 15.5 Å². The van der Waals surface area contributed by atoms with E-state index in [2.05, 4.69) is 10.6 Å². The highest BCUT2D eigenvalue weighted by Crippen LogP contribution is 1.89. The van der Waals surface area contributed by atoms with Crippen molar-refractivity contribution in [2.24, 2.45) is 0 Å². The van der Waals surface area contributed by atoms with Crippen LogP contribution in [0.15, 0.2) is 0 Å². The van der Waals surface area contributed by atoms with Crippen LogP contribution >= 0.6 is 0 Å². The van der Waals surface area contributed by atoms with Gasteiger partial charge in [0.15, 0.2) is 0 Å². The van der Waals surface area contributed by atoms with Gasteiger partial charge in [0, 0.05) is 19.6 Å². The first-order valence-corrected chi connectivity index (χ1v) is 4.74. The first-order chi connectivity index (χ1) is 6.07. The lowest BCUT2D eigenvalue weighted by Gasteiger charge is -2.19. The van der Waals surface area contributed by atoms with Crippen LogP contribution in [0.4, 0.5) is 4.79 Å². The first-order valence-electron chi connectivity index (χ1n) is 4.74. The van der Waals surface area contributed by atoms with Crippen molar-refractivity contribution in [1.29, 1.82) is 0 Å². The average molecular weight is 187 g/mol. The smallest absolute Gasteiger partial charge is 0.317 e. The third kappa shape index (κ3) is 6.40. The van der Waals surface area contributed by atoms with Crippen molar-refractivity contribution in [3.05, 3.63) is 0 Å². The van der Waals surface area contributed by atoms with E-state index in [0.717, 1.165) is 19.5 Å². The zero-order valence-electron chi connectivity index (χ0n) is 9.05. The predicted molar refractivity (Wildman–Crippen MR) is 54.8 cm³/mol. The number of rotatable bonds is 5. The Balaban J connectivity index is 3.57. The van der Waals surface area contributed by atoms with E-state index < -0.39 is 0 Å². The van der Waals surface area contributed by atoms with Gasteiger partial charge in [0.05, 0.1) is 0 Å². The molecule has 0 aromatic carbocycles. The van der Waals surface area contributed by atoms with Crippen molar-refractivity contribution in [1.82, 2.24) is 15.5 Å². The van der Waals surface area contributed by atoms with E-state index in [0.29, 0.717) is 0 Å². The highest BCUT2D eigenvalue weighted by atomic mass is 16.2. The minimum Gasteiger partial charge on any atom is -0.336 e. The molecule has 0 rings (SSSR count). The molecule has 0 heterocycles. The Labute approximate surface area is 80.7 Å². The first kappa shape index (κ1) is 12.2. The second-order valence-corrected chi connectivity index (χ2v) is 3.48. The fraction of sp³-hybridized carbons (Fsp3) is 0.889. The van der Waals surface area contributed by atoms with Gasteiger partial charge in [-0.05, 0) is 33.9 Å². The molecular formula is C9H21N3O. The normalized spacial score (nSPS) is 10.2. The summed E-state index contributed by atoms with van der Waals surface area (Å²) in [7, 11) is 3.72. The molecule has 0 aliphatic heterocycles. The molecular weight excluding hydrogens is 166 g/mol. The summed E-state index contributed by atoms with van der Waals surface area (Å²) in [5.41, 5.74) is 0. The number of nitrogens with zero attached hydrogens (tertiary/aromatic N) is 1. The van der Waals surface area contributed by atoms with E-state index >= 15 is 0 Å². The molecule has 0 fully saturated rings. The van der Waals surface area contributed by atoms with Crippen LogP contribution in [0.2, 0.25) is 0 Å². The average Bonchev–Trinajstić information content (AvgIpc) is 2.03. The second kappa shape index (κ2) is 6.71. The van der Waals surface area contributed by atoms with E-state index in [4.69, 9.17) is 0 Å². The molecule has 0 aromatic heterocycles. The maximum absolute atomic E-state index is 11.3. The fourth-order valence-electron chi connectivity index (χ4n) is 0.952. The summed E-state index contributed by atoms with van der Waals surface area (Å²) in [5, 5.41) is 5.88. The predicted octanol–water partition coefficient (Wildman–Crippen LogP) is 0.646. The number of urea groups is 1. The van der Waals surface area contributed by atoms with Crippen LogP contribution in [0.5, 0.6) is 0 Å². The number of hydrogen-bond acceptors (Lipinski definition) is 2. The molecule has 0 radical (unpaired) electrons. The Morgan fingerprint density at radius 3 is 2.54 bits per heavy atom. The minimum atomic E-state index is 0.00565. The second-order valence-electron chi connectivity index (χ2n) is 3.48. The van der Waals surface area contributed by atoms with Crippen molar-refractivity contribution in [3.8, 4) is 0 Å².